The van der Waals surface area contributed by atoms with Crippen LogP contribution in [-0.4, -0.2) is 37.3 Å². The summed E-state index contributed by atoms with van der Waals surface area (Å²) in [5, 5.41) is 2.82. The molecule has 0 aliphatic rings. The molecule has 0 aliphatic heterocycles. The molecule has 0 bridgehead atoms. The van der Waals surface area contributed by atoms with Crippen molar-refractivity contribution < 1.29 is 13.2 Å². The standard InChI is InChI=1S/C20H21N3O3S/c1-15-9-10-18(27(25,26)22(2)3)14-19(15)21-20(24)16-7-6-8-17(13-16)23-11-4-5-12-23/h4-14H,1-3H3,(H,21,24). The third-order valence-electron chi connectivity index (χ3n) is 4.25. The Kier molecular flexibility index (Phi) is 5.16. The molecule has 0 saturated carbocycles. The van der Waals surface area contributed by atoms with E-state index >= 15 is 0 Å². The number of aryl methyl sites for hydroxylation is 1. The Balaban J connectivity index is 1.90. The molecule has 140 valence electrons. The van der Waals surface area contributed by atoms with Crippen LogP contribution in [0.25, 0.3) is 5.69 Å². The lowest BCUT2D eigenvalue weighted by Crippen LogP contribution is -2.22. The molecule has 3 aromatic rings. The first-order chi connectivity index (χ1) is 12.8. The van der Waals surface area contributed by atoms with Crippen LogP contribution in [0.2, 0.25) is 0 Å². The van der Waals surface area contributed by atoms with Crippen molar-refractivity contribution in [3.63, 3.8) is 0 Å². The van der Waals surface area contributed by atoms with Gasteiger partial charge in [-0.15, -0.1) is 0 Å². The van der Waals surface area contributed by atoms with Gasteiger partial charge in [0.25, 0.3) is 5.91 Å². The second kappa shape index (κ2) is 7.38. The van der Waals surface area contributed by atoms with Crippen molar-refractivity contribution in [3.05, 3.63) is 78.1 Å². The van der Waals surface area contributed by atoms with E-state index in [0.29, 0.717) is 11.3 Å². The summed E-state index contributed by atoms with van der Waals surface area (Å²) in [6.45, 7) is 1.82. The normalized spacial score (nSPS) is 11.6. The van der Waals surface area contributed by atoms with Gasteiger partial charge in [0.1, 0.15) is 0 Å². The molecule has 0 atom stereocenters. The van der Waals surface area contributed by atoms with E-state index in [0.717, 1.165) is 15.6 Å². The number of nitrogens with one attached hydrogen (secondary N) is 1. The fourth-order valence-corrected chi connectivity index (χ4v) is 3.54. The lowest BCUT2D eigenvalue weighted by atomic mass is 10.1. The molecule has 0 aliphatic carbocycles. The fourth-order valence-electron chi connectivity index (χ4n) is 2.62. The minimum atomic E-state index is -3.57. The van der Waals surface area contributed by atoms with Gasteiger partial charge in [-0.3, -0.25) is 4.79 Å². The number of rotatable bonds is 5. The minimum Gasteiger partial charge on any atom is -0.324 e. The predicted molar refractivity (Wildman–Crippen MR) is 106 cm³/mol. The van der Waals surface area contributed by atoms with Crippen molar-refractivity contribution in [2.75, 3.05) is 19.4 Å². The van der Waals surface area contributed by atoms with Gasteiger partial charge in [0, 0.05) is 43.4 Å². The van der Waals surface area contributed by atoms with E-state index in [4.69, 9.17) is 0 Å². The summed E-state index contributed by atoms with van der Waals surface area (Å²) in [7, 11) is -0.629. The van der Waals surface area contributed by atoms with E-state index in [1.807, 2.05) is 48.1 Å². The van der Waals surface area contributed by atoms with Crippen LogP contribution in [0.15, 0.2) is 71.9 Å². The first-order valence-corrected chi connectivity index (χ1v) is 9.81. The van der Waals surface area contributed by atoms with Gasteiger partial charge in [0.2, 0.25) is 10.0 Å². The summed E-state index contributed by atoms with van der Waals surface area (Å²) in [6.07, 6.45) is 3.80. The average Bonchev–Trinajstić information content (AvgIpc) is 3.18. The van der Waals surface area contributed by atoms with Crippen LogP contribution in [0, 0.1) is 6.92 Å². The maximum Gasteiger partial charge on any atom is 0.255 e. The van der Waals surface area contributed by atoms with Crippen LogP contribution in [0.5, 0.6) is 0 Å². The zero-order chi connectivity index (χ0) is 19.6. The Morgan fingerprint density at radius 3 is 2.37 bits per heavy atom. The van der Waals surface area contributed by atoms with Crippen molar-refractivity contribution in [2.45, 2.75) is 11.8 Å². The molecule has 1 amide bonds. The molecule has 0 radical (unpaired) electrons. The molecule has 3 rings (SSSR count). The van der Waals surface area contributed by atoms with E-state index < -0.39 is 10.0 Å². The second-order valence-corrected chi connectivity index (χ2v) is 8.51. The first-order valence-electron chi connectivity index (χ1n) is 8.37. The Morgan fingerprint density at radius 2 is 1.70 bits per heavy atom. The maximum absolute atomic E-state index is 12.7. The van der Waals surface area contributed by atoms with E-state index in [9.17, 15) is 13.2 Å². The lowest BCUT2D eigenvalue weighted by Gasteiger charge is -2.14. The number of carbonyl (C=O) groups excluding carboxylic acids is 1. The quantitative estimate of drug-likeness (QED) is 0.735. The predicted octanol–water partition coefficient (Wildman–Crippen LogP) is 3.29. The third kappa shape index (κ3) is 3.94. The number of sulfonamides is 1. The molecule has 0 fully saturated rings. The molecule has 0 unspecified atom stereocenters. The highest BCUT2D eigenvalue weighted by Gasteiger charge is 2.19. The summed E-state index contributed by atoms with van der Waals surface area (Å²) >= 11 is 0. The number of hydrogen-bond acceptors (Lipinski definition) is 3. The molecular weight excluding hydrogens is 362 g/mol. The molecule has 0 spiro atoms. The molecule has 27 heavy (non-hydrogen) atoms. The zero-order valence-electron chi connectivity index (χ0n) is 15.4. The van der Waals surface area contributed by atoms with Gasteiger partial charge >= 0.3 is 0 Å². The number of nitrogens with zero attached hydrogens (tertiary/aromatic N) is 2. The number of amides is 1. The maximum atomic E-state index is 12.7. The monoisotopic (exact) mass is 383 g/mol. The number of hydrogen-bond donors (Lipinski definition) is 1. The van der Waals surface area contributed by atoms with Crippen molar-refractivity contribution >= 4 is 21.6 Å². The van der Waals surface area contributed by atoms with Crippen LogP contribution in [0.3, 0.4) is 0 Å². The average molecular weight is 383 g/mol. The van der Waals surface area contributed by atoms with E-state index in [1.54, 1.807) is 18.2 Å². The SMILES string of the molecule is Cc1ccc(S(=O)(=O)N(C)C)cc1NC(=O)c1cccc(-n2cccc2)c1. The summed E-state index contributed by atoms with van der Waals surface area (Å²) in [5.41, 5.74) is 2.60. The van der Waals surface area contributed by atoms with Crippen molar-refractivity contribution in [2.24, 2.45) is 0 Å². The van der Waals surface area contributed by atoms with E-state index in [1.165, 1.54) is 26.2 Å². The third-order valence-corrected chi connectivity index (χ3v) is 6.06. The smallest absolute Gasteiger partial charge is 0.255 e. The number of aromatic nitrogens is 1. The Hall–Kier alpha value is -2.90. The van der Waals surface area contributed by atoms with Gasteiger partial charge in [0.05, 0.1) is 4.90 Å². The van der Waals surface area contributed by atoms with Crippen LogP contribution >= 0.6 is 0 Å². The van der Waals surface area contributed by atoms with Crippen LogP contribution < -0.4 is 5.32 Å². The van der Waals surface area contributed by atoms with Gasteiger partial charge in [-0.25, -0.2) is 12.7 Å². The second-order valence-electron chi connectivity index (χ2n) is 6.36. The zero-order valence-corrected chi connectivity index (χ0v) is 16.2. The molecule has 1 aromatic heterocycles. The van der Waals surface area contributed by atoms with Gasteiger partial charge in [0.15, 0.2) is 0 Å². The Labute approximate surface area is 159 Å². The molecule has 1 N–H and O–H groups in total. The highest BCUT2D eigenvalue weighted by molar-refractivity contribution is 7.89. The van der Waals surface area contributed by atoms with Crippen LogP contribution in [0.1, 0.15) is 15.9 Å². The van der Waals surface area contributed by atoms with Crippen LogP contribution in [0.4, 0.5) is 5.69 Å². The topological polar surface area (TPSA) is 71.4 Å². The fraction of sp³-hybridized carbons (Fsp3) is 0.150. The number of anilines is 1. The summed E-state index contributed by atoms with van der Waals surface area (Å²) < 4.78 is 27.7. The van der Waals surface area contributed by atoms with E-state index in [-0.39, 0.29) is 10.8 Å². The molecule has 1 heterocycles. The van der Waals surface area contributed by atoms with Gasteiger partial charge in [-0.1, -0.05) is 12.1 Å². The molecular formula is C20H21N3O3S. The first kappa shape index (κ1) is 18.9. The van der Waals surface area contributed by atoms with Crippen molar-refractivity contribution in [1.82, 2.24) is 8.87 Å². The summed E-state index contributed by atoms with van der Waals surface area (Å²) in [5.74, 6) is -0.300. The van der Waals surface area contributed by atoms with Crippen molar-refractivity contribution in [1.29, 1.82) is 0 Å². The highest BCUT2D eigenvalue weighted by Crippen LogP contribution is 2.23. The molecule has 0 saturated heterocycles. The summed E-state index contributed by atoms with van der Waals surface area (Å²) in [6, 6.07) is 15.7. The van der Waals surface area contributed by atoms with Gasteiger partial charge < -0.3 is 9.88 Å². The Morgan fingerprint density at radius 1 is 1.00 bits per heavy atom. The number of benzene rings is 2. The highest BCUT2D eigenvalue weighted by atomic mass is 32.2. The van der Waals surface area contributed by atoms with Gasteiger partial charge in [-0.2, -0.15) is 0 Å². The largest absolute Gasteiger partial charge is 0.324 e. The van der Waals surface area contributed by atoms with Gasteiger partial charge in [-0.05, 0) is 55.0 Å². The minimum absolute atomic E-state index is 0.134. The molecule has 7 heteroatoms. The van der Waals surface area contributed by atoms with E-state index in [2.05, 4.69) is 5.32 Å². The number of carbonyl (C=O) groups is 1. The molecule has 2 aromatic carbocycles. The van der Waals surface area contributed by atoms with Crippen LogP contribution in [-0.2, 0) is 10.0 Å². The van der Waals surface area contributed by atoms with Crippen molar-refractivity contribution in [3.8, 4) is 5.69 Å². The molecule has 6 nitrogen and oxygen atoms in total. The Bertz CT molecular complexity index is 1070. The lowest BCUT2D eigenvalue weighted by molar-refractivity contribution is 0.102. The summed E-state index contributed by atoms with van der Waals surface area (Å²) in [4.78, 5) is 12.8.